The van der Waals surface area contributed by atoms with Gasteiger partial charge in [-0.15, -0.1) is 0 Å². The Bertz CT molecular complexity index is 677. The lowest BCUT2D eigenvalue weighted by molar-refractivity contribution is -0.141. The van der Waals surface area contributed by atoms with Gasteiger partial charge >= 0.3 is 11.8 Å². The molecule has 1 aromatic carbocycles. The second-order valence-electron chi connectivity index (χ2n) is 9.15. The van der Waals surface area contributed by atoms with Crippen LogP contribution in [0.2, 0.25) is 0 Å². The smallest absolute Gasteiger partial charge is 0.309 e. The molecule has 0 saturated heterocycles. The van der Waals surface area contributed by atoms with Crippen LogP contribution in [0.15, 0.2) is 24.3 Å². The third-order valence-corrected chi connectivity index (χ3v) is 7.19. The third kappa shape index (κ3) is 3.83. The lowest BCUT2D eigenvalue weighted by atomic mass is 9.48. The highest BCUT2D eigenvalue weighted by Crippen LogP contribution is 2.61. The summed E-state index contributed by atoms with van der Waals surface area (Å²) in [6, 6.07) is 6.93. The zero-order valence-corrected chi connectivity index (χ0v) is 16.0. The largest absolute Gasteiger partial charge is 0.508 e. The van der Waals surface area contributed by atoms with Gasteiger partial charge in [-0.2, -0.15) is 0 Å². The summed E-state index contributed by atoms with van der Waals surface area (Å²) in [5, 5.41) is 15.0. The molecule has 146 valence electrons. The summed E-state index contributed by atoms with van der Waals surface area (Å²) in [5.74, 6) is 1.65. The first-order chi connectivity index (χ1) is 12.9. The Balaban J connectivity index is 1.27. The maximum Gasteiger partial charge on any atom is 0.309 e. The summed E-state index contributed by atoms with van der Waals surface area (Å²) in [6.45, 7) is 2.50. The molecule has 3 N–H and O–H groups in total. The fraction of sp³-hybridized carbons (Fsp3) is 0.636. The second-order valence-corrected chi connectivity index (χ2v) is 9.15. The van der Waals surface area contributed by atoms with Crippen molar-refractivity contribution in [2.24, 2.45) is 23.2 Å². The molecule has 0 spiro atoms. The monoisotopic (exact) mass is 370 g/mol. The maximum atomic E-state index is 12.4. The molecule has 4 saturated carbocycles. The highest BCUT2D eigenvalue weighted by atomic mass is 16.3. The summed E-state index contributed by atoms with van der Waals surface area (Å²) >= 11 is 0. The zero-order chi connectivity index (χ0) is 19.0. The number of amides is 2. The summed E-state index contributed by atoms with van der Waals surface area (Å²) in [6.07, 6.45) is 8.38. The summed E-state index contributed by atoms with van der Waals surface area (Å²) < 4.78 is 0. The summed E-state index contributed by atoms with van der Waals surface area (Å²) in [4.78, 5) is 24.6. The fourth-order valence-electron chi connectivity index (χ4n) is 6.19. The zero-order valence-electron chi connectivity index (χ0n) is 16.0. The average Bonchev–Trinajstić information content (AvgIpc) is 2.62. The predicted molar refractivity (Wildman–Crippen MR) is 103 cm³/mol. The number of phenols is 1. The standard InChI is InChI=1S/C22H30N2O3/c1-14(22-11-16-8-17(12-22)10-18(9-16)13-22)24-21(27)20(26)23-7-6-15-2-4-19(25)5-3-15/h2-5,14,16-18,25H,6-13H2,1H3,(H,23,26)(H,24,27). The Labute approximate surface area is 160 Å². The molecule has 1 unspecified atom stereocenters. The first kappa shape index (κ1) is 18.3. The van der Waals surface area contributed by atoms with Gasteiger partial charge < -0.3 is 15.7 Å². The Kier molecular flexibility index (Phi) is 4.87. The maximum absolute atomic E-state index is 12.4. The number of phenolic OH excluding ortho intramolecular Hbond substituents is 1. The van der Waals surface area contributed by atoms with Crippen LogP contribution in [0.25, 0.3) is 0 Å². The van der Waals surface area contributed by atoms with Crippen molar-refractivity contribution in [2.75, 3.05) is 6.54 Å². The van der Waals surface area contributed by atoms with Crippen molar-refractivity contribution in [2.45, 2.75) is 57.9 Å². The van der Waals surface area contributed by atoms with Crippen molar-refractivity contribution in [3.05, 3.63) is 29.8 Å². The number of hydrogen-bond acceptors (Lipinski definition) is 3. The molecule has 4 bridgehead atoms. The molecular weight excluding hydrogens is 340 g/mol. The normalized spacial score (nSPS) is 32.1. The van der Waals surface area contributed by atoms with E-state index in [1.807, 2.05) is 12.1 Å². The molecule has 5 nitrogen and oxygen atoms in total. The van der Waals surface area contributed by atoms with Crippen molar-refractivity contribution in [1.82, 2.24) is 10.6 Å². The van der Waals surface area contributed by atoms with Crippen molar-refractivity contribution >= 4 is 11.8 Å². The molecular formula is C22H30N2O3. The predicted octanol–water partition coefficient (Wildman–Crippen LogP) is 2.77. The Hall–Kier alpha value is -2.04. The van der Waals surface area contributed by atoms with Gasteiger partial charge in [0, 0.05) is 12.6 Å². The molecule has 0 aromatic heterocycles. The quantitative estimate of drug-likeness (QED) is 0.698. The molecule has 4 aliphatic carbocycles. The molecule has 5 heteroatoms. The van der Waals surface area contributed by atoms with E-state index in [4.69, 9.17) is 0 Å². The molecule has 0 heterocycles. The first-order valence-corrected chi connectivity index (χ1v) is 10.3. The average molecular weight is 370 g/mol. The van der Waals surface area contributed by atoms with Gasteiger partial charge in [0.2, 0.25) is 0 Å². The Morgan fingerprint density at radius 1 is 1.04 bits per heavy atom. The van der Waals surface area contributed by atoms with Crippen LogP contribution in [-0.4, -0.2) is 29.5 Å². The molecule has 27 heavy (non-hydrogen) atoms. The lowest BCUT2D eigenvalue weighted by Crippen LogP contribution is -2.57. The first-order valence-electron chi connectivity index (χ1n) is 10.3. The fourth-order valence-corrected chi connectivity index (χ4v) is 6.19. The minimum absolute atomic E-state index is 0.0567. The van der Waals surface area contributed by atoms with Crippen LogP contribution < -0.4 is 10.6 Å². The van der Waals surface area contributed by atoms with E-state index in [9.17, 15) is 14.7 Å². The lowest BCUT2D eigenvalue weighted by Gasteiger charge is -2.59. The summed E-state index contributed by atoms with van der Waals surface area (Å²) in [7, 11) is 0. The van der Waals surface area contributed by atoms with Gasteiger partial charge in [0.1, 0.15) is 5.75 Å². The topological polar surface area (TPSA) is 78.4 Å². The molecule has 4 aliphatic rings. The molecule has 1 aromatic rings. The van der Waals surface area contributed by atoms with Crippen molar-refractivity contribution in [1.29, 1.82) is 0 Å². The molecule has 5 rings (SSSR count). The summed E-state index contributed by atoms with van der Waals surface area (Å²) in [5.41, 5.74) is 1.21. The number of rotatable bonds is 5. The van der Waals surface area contributed by atoms with Gasteiger partial charge in [-0.1, -0.05) is 12.1 Å². The minimum atomic E-state index is -0.551. The number of hydrogen-bond donors (Lipinski definition) is 3. The van der Waals surface area contributed by atoms with Gasteiger partial charge in [-0.25, -0.2) is 0 Å². The van der Waals surface area contributed by atoms with Gasteiger partial charge in [0.25, 0.3) is 0 Å². The Morgan fingerprint density at radius 3 is 2.15 bits per heavy atom. The number of aromatic hydroxyl groups is 1. The Morgan fingerprint density at radius 2 is 1.59 bits per heavy atom. The van der Waals surface area contributed by atoms with E-state index in [2.05, 4.69) is 17.6 Å². The number of nitrogens with one attached hydrogen (secondary N) is 2. The van der Waals surface area contributed by atoms with Crippen LogP contribution in [0.3, 0.4) is 0 Å². The number of carbonyl (C=O) groups is 2. The second kappa shape index (κ2) is 7.17. The van der Waals surface area contributed by atoms with Crippen molar-refractivity contribution in [3.63, 3.8) is 0 Å². The molecule has 1 atom stereocenters. The van der Waals surface area contributed by atoms with Crippen LogP contribution in [0.1, 0.15) is 51.0 Å². The van der Waals surface area contributed by atoms with E-state index >= 15 is 0 Å². The number of carbonyl (C=O) groups excluding carboxylic acids is 2. The molecule has 0 aliphatic heterocycles. The van der Waals surface area contributed by atoms with E-state index in [0.717, 1.165) is 23.3 Å². The van der Waals surface area contributed by atoms with Crippen molar-refractivity contribution in [3.8, 4) is 5.75 Å². The van der Waals surface area contributed by atoms with Gasteiger partial charge in [-0.05, 0) is 92.7 Å². The van der Waals surface area contributed by atoms with Crippen LogP contribution in [0, 0.1) is 23.2 Å². The highest BCUT2D eigenvalue weighted by Gasteiger charge is 2.53. The molecule has 4 fully saturated rings. The minimum Gasteiger partial charge on any atom is -0.508 e. The van der Waals surface area contributed by atoms with Crippen LogP contribution in [-0.2, 0) is 16.0 Å². The van der Waals surface area contributed by atoms with E-state index in [1.165, 1.54) is 38.5 Å². The molecule has 2 amide bonds. The van der Waals surface area contributed by atoms with Gasteiger partial charge in [-0.3, -0.25) is 9.59 Å². The third-order valence-electron chi connectivity index (χ3n) is 7.19. The van der Waals surface area contributed by atoms with E-state index in [-0.39, 0.29) is 17.2 Å². The van der Waals surface area contributed by atoms with Gasteiger partial charge in [0.05, 0.1) is 0 Å². The number of benzene rings is 1. The SMILES string of the molecule is CC(NC(=O)C(=O)NCCc1ccc(O)cc1)C12CC3CC(CC(C3)C1)C2. The molecule has 0 radical (unpaired) electrons. The van der Waals surface area contributed by atoms with Crippen LogP contribution in [0.5, 0.6) is 5.75 Å². The van der Waals surface area contributed by atoms with Crippen molar-refractivity contribution < 1.29 is 14.7 Å². The van der Waals surface area contributed by atoms with E-state index < -0.39 is 11.8 Å². The van der Waals surface area contributed by atoms with Crippen LogP contribution >= 0.6 is 0 Å². The van der Waals surface area contributed by atoms with E-state index in [0.29, 0.717) is 13.0 Å². The highest BCUT2D eigenvalue weighted by molar-refractivity contribution is 6.35. The van der Waals surface area contributed by atoms with E-state index in [1.54, 1.807) is 12.1 Å². The van der Waals surface area contributed by atoms with Gasteiger partial charge in [0.15, 0.2) is 0 Å². The van der Waals surface area contributed by atoms with Crippen LogP contribution in [0.4, 0.5) is 0 Å².